The Kier molecular flexibility index (Phi) is 13.2. The molecule has 1 saturated heterocycles. The van der Waals surface area contributed by atoms with Gasteiger partial charge in [0, 0.05) is 22.9 Å². The van der Waals surface area contributed by atoms with E-state index in [4.69, 9.17) is 14.6 Å². The zero-order valence-corrected chi connectivity index (χ0v) is 37.7. The Morgan fingerprint density at radius 1 is 0.776 bits per heavy atom. The number of Topliss-reactive ketones (excluding diaryl/α,β-unsaturated/α-hetero) is 1. The molecule has 2 N–H and O–H groups in total. The van der Waals surface area contributed by atoms with Crippen molar-refractivity contribution in [1.29, 1.82) is 0 Å². The average molecular weight is 926 g/mol. The van der Waals surface area contributed by atoms with Gasteiger partial charge in [-0.25, -0.2) is 9.78 Å². The molecule has 0 spiro atoms. The van der Waals surface area contributed by atoms with E-state index in [9.17, 15) is 23.7 Å². The second kappa shape index (κ2) is 19.8. The molecule has 3 atom stereocenters. The number of carbonyl (C=O) groups excluding carboxylic acids is 4. The minimum absolute atomic E-state index is 0.155. The number of nitrogens with zero attached hydrogens (tertiary/aromatic N) is 3. The number of fused-ring (bicyclic) bond motifs is 1. The third kappa shape index (κ3) is 9.02. The number of β-lactam (4-membered cyclic amide) rings is 1. The number of hydrogen-bond donors (Lipinski definition) is 2. The van der Waals surface area contributed by atoms with Gasteiger partial charge in [-0.05, 0) is 39.0 Å². The highest BCUT2D eigenvalue weighted by Gasteiger charge is 2.61. The number of thiazole rings is 1. The van der Waals surface area contributed by atoms with Gasteiger partial charge in [0.1, 0.15) is 29.8 Å². The summed E-state index contributed by atoms with van der Waals surface area (Å²) < 4.78 is 20.4. The van der Waals surface area contributed by atoms with Crippen molar-refractivity contribution in [3.05, 3.63) is 238 Å². The second-order valence-corrected chi connectivity index (χ2v) is 18.1. The van der Waals surface area contributed by atoms with Crippen LogP contribution < -0.4 is 10.6 Å². The van der Waals surface area contributed by atoms with Crippen LogP contribution in [-0.2, 0) is 40.7 Å². The van der Waals surface area contributed by atoms with Gasteiger partial charge in [0.25, 0.3) is 11.8 Å². The van der Waals surface area contributed by atoms with Gasteiger partial charge in [-0.15, -0.1) is 11.3 Å². The number of esters is 1. The van der Waals surface area contributed by atoms with Crippen LogP contribution in [0.1, 0.15) is 56.4 Å². The first-order chi connectivity index (χ1) is 32.8. The highest BCUT2D eigenvalue weighted by molar-refractivity contribution is 7.92. The molecule has 0 radical (unpaired) electrons. The fourth-order valence-corrected chi connectivity index (χ4v) is 11.0. The van der Waals surface area contributed by atoms with Gasteiger partial charge in [-0.1, -0.05) is 187 Å². The van der Waals surface area contributed by atoms with Crippen molar-refractivity contribution in [3.8, 4) is 0 Å². The average Bonchev–Trinajstić information content (AvgIpc) is 3.85. The van der Waals surface area contributed by atoms with E-state index in [-0.39, 0.29) is 40.6 Å². The lowest BCUT2D eigenvalue weighted by Crippen LogP contribution is -2.75. The van der Waals surface area contributed by atoms with Gasteiger partial charge in [-0.2, -0.15) is 0 Å². The number of nitrogens with one attached hydrogen (secondary N) is 2. The standard InChI is InChI=1S/C53H43N5O7S2/c1-64-57-44(42-33-66-52(54-42)56-53(39-26-14-5-15-27-39,40-28-16-6-17-29-40)41-30-18-7-19-31-41)48(60)55-45-49(61)58-46(38(34-67(63)50(45)58)32-43(59)35-20-8-2-9-21-35)51(62)65-47(36-22-10-3-11-23-36)37-24-12-4-13-25-37/h2-31,33,45,47,50H,32,34H2,1H3,(H,54,56)(H,55,60)/b57-44+. The zero-order chi connectivity index (χ0) is 46.3. The van der Waals surface area contributed by atoms with Gasteiger partial charge in [0.15, 0.2) is 28.8 Å². The van der Waals surface area contributed by atoms with Gasteiger partial charge in [0.2, 0.25) is 5.37 Å². The molecule has 1 fully saturated rings. The maximum atomic E-state index is 14.6. The Hall–Kier alpha value is -7.65. The minimum Gasteiger partial charge on any atom is -0.614 e. The number of ether oxygens (including phenoxy) is 1. The number of benzene rings is 6. The lowest BCUT2D eigenvalue weighted by Gasteiger charge is -2.49. The van der Waals surface area contributed by atoms with Crippen molar-refractivity contribution in [3.63, 3.8) is 0 Å². The third-order valence-corrected chi connectivity index (χ3v) is 14.1. The van der Waals surface area contributed by atoms with Crippen molar-refractivity contribution >= 4 is 56.9 Å². The summed E-state index contributed by atoms with van der Waals surface area (Å²) in [6.45, 7) is 0. The molecule has 334 valence electrons. The second-order valence-electron chi connectivity index (χ2n) is 15.7. The van der Waals surface area contributed by atoms with Gasteiger partial charge < -0.3 is 24.8 Å². The molecule has 67 heavy (non-hydrogen) atoms. The molecule has 12 nitrogen and oxygen atoms in total. The normalized spacial score (nSPS) is 17.0. The number of hydrogen-bond acceptors (Lipinski definition) is 11. The van der Waals surface area contributed by atoms with Crippen molar-refractivity contribution in [1.82, 2.24) is 15.2 Å². The smallest absolute Gasteiger partial charge is 0.356 e. The summed E-state index contributed by atoms with van der Waals surface area (Å²) in [5.41, 5.74) is 3.60. The largest absolute Gasteiger partial charge is 0.614 e. The molecule has 0 saturated carbocycles. The summed E-state index contributed by atoms with van der Waals surface area (Å²) in [7, 11) is 1.29. The SMILES string of the molecule is CO/N=C(/C(=O)NC1C(=O)N2C(C(=O)OC(c3ccccc3)c3ccccc3)=C(CC(=O)c3ccccc3)C[S+]([O-])C12)c1csc(NC(c2ccccc2)(c2ccccc2)c2ccccc2)n1. The van der Waals surface area contributed by atoms with E-state index in [2.05, 4.69) is 15.8 Å². The van der Waals surface area contributed by atoms with Crippen molar-refractivity contribution < 1.29 is 33.3 Å². The van der Waals surface area contributed by atoms with Crippen LogP contribution in [0.4, 0.5) is 5.13 Å². The molecular formula is C53H43N5O7S2. The Labute approximate surface area is 394 Å². The molecule has 0 aliphatic carbocycles. The van der Waals surface area contributed by atoms with E-state index < -0.39 is 52.0 Å². The molecule has 0 bridgehead atoms. The van der Waals surface area contributed by atoms with Gasteiger partial charge in [-0.3, -0.25) is 19.3 Å². The Morgan fingerprint density at radius 2 is 1.27 bits per heavy atom. The Bertz CT molecular complexity index is 2800. The van der Waals surface area contributed by atoms with Crippen molar-refractivity contribution in [2.24, 2.45) is 5.16 Å². The summed E-state index contributed by atoms with van der Waals surface area (Å²) in [4.78, 5) is 67.9. The van der Waals surface area contributed by atoms with Crippen LogP contribution in [0.3, 0.4) is 0 Å². The van der Waals surface area contributed by atoms with Crippen LogP contribution >= 0.6 is 11.3 Å². The lowest BCUT2D eigenvalue weighted by molar-refractivity contribution is -0.154. The zero-order valence-electron chi connectivity index (χ0n) is 36.1. The summed E-state index contributed by atoms with van der Waals surface area (Å²) in [5.74, 6) is -2.97. The van der Waals surface area contributed by atoms with Crippen LogP contribution in [0.5, 0.6) is 0 Å². The summed E-state index contributed by atoms with van der Waals surface area (Å²) >= 11 is -0.615. The molecule has 2 amide bonds. The topological polar surface area (TPSA) is 162 Å². The molecule has 9 rings (SSSR count). The van der Waals surface area contributed by atoms with E-state index in [1.807, 2.05) is 152 Å². The molecule has 1 aromatic heterocycles. The molecule has 2 aliphatic rings. The molecule has 2 aliphatic heterocycles. The van der Waals surface area contributed by atoms with E-state index in [1.165, 1.54) is 18.4 Å². The summed E-state index contributed by atoms with van der Waals surface area (Å²) in [6, 6.07) is 55.4. The molecule has 6 aromatic carbocycles. The predicted molar refractivity (Wildman–Crippen MR) is 257 cm³/mol. The maximum absolute atomic E-state index is 14.6. The number of oxime groups is 1. The maximum Gasteiger partial charge on any atom is 0.356 e. The molecule has 3 heterocycles. The van der Waals surface area contributed by atoms with E-state index >= 15 is 0 Å². The van der Waals surface area contributed by atoms with Crippen molar-refractivity contribution in [2.75, 3.05) is 18.2 Å². The Balaban J connectivity index is 1.01. The Morgan fingerprint density at radius 3 is 1.78 bits per heavy atom. The summed E-state index contributed by atoms with van der Waals surface area (Å²) in [6.07, 6.45) is -1.17. The van der Waals surface area contributed by atoms with E-state index in [0.717, 1.165) is 21.6 Å². The van der Waals surface area contributed by atoms with Crippen molar-refractivity contribution in [2.45, 2.75) is 29.5 Å². The quantitative estimate of drug-likeness (QED) is 0.0185. The number of amides is 2. The molecule has 7 aromatic rings. The van der Waals surface area contributed by atoms with Crippen LogP contribution in [0.2, 0.25) is 0 Å². The number of rotatable bonds is 16. The monoisotopic (exact) mass is 925 g/mol. The lowest BCUT2D eigenvalue weighted by atomic mass is 9.77. The predicted octanol–water partition coefficient (Wildman–Crippen LogP) is 8.17. The fraction of sp³-hybridized carbons (Fsp3) is 0.132. The first-order valence-corrected chi connectivity index (χ1v) is 23.7. The number of anilines is 1. The van der Waals surface area contributed by atoms with E-state index in [1.54, 1.807) is 35.7 Å². The first kappa shape index (κ1) is 44.5. The third-order valence-electron chi connectivity index (χ3n) is 11.6. The van der Waals surface area contributed by atoms with Crippen LogP contribution in [0.25, 0.3) is 0 Å². The number of ketones is 1. The number of carbonyl (C=O) groups is 4. The fourth-order valence-electron chi connectivity index (χ4n) is 8.53. The van der Waals surface area contributed by atoms with Gasteiger partial charge >= 0.3 is 5.97 Å². The number of aromatic nitrogens is 1. The molecular weight excluding hydrogens is 883 g/mol. The molecule has 14 heteroatoms. The highest BCUT2D eigenvalue weighted by atomic mass is 32.2. The van der Waals surface area contributed by atoms with Crippen LogP contribution in [-0.4, -0.2) is 68.0 Å². The first-order valence-electron chi connectivity index (χ1n) is 21.4. The highest BCUT2D eigenvalue weighted by Crippen LogP contribution is 2.42. The van der Waals surface area contributed by atoms with Gasteiger partial charge in [0.05, 0.1) is 0 Å². The van der Waals surface area contributed by atoms with Crippen LogP contribution in [0.15, 0.2) is 204 Å². The summed E-state index contributed by atoms with van der Waals surface area (Å²) in [5, 5.41) is 11.4. The van der Waals surface area contributed by atoms with E-state index in [0.29, 0.717) is 21.8 Å². The minimum atomic E-state index is -1.87. The molecule has 3 unspecified atom stereocenters. The van der Waals surface area contributed by atoms with Crippen LogP contribution in [0, 0.1) is 0 Å².